The molecule has 37 heteroatoms. The fraction of sp³-hybridized carbons (Fsp3) is 0.375. The second-order valence-corrected chi connectivity index (χ2v) is 29.4. The first-order valence-corrected chi connectivity index (χ1v) is 34.1. The molecular weight excluding hydrogens is 1600 g/mol. The van der Waals surface area contributed by atoms with Gasteiger partial charge in [-0.1, -0.05) is 25.6 Å². The monoisotopic (exact) mass is 1670 g/mol. The Kier molecular flexibility index (Phi) is 24.8. The zero-order chi connectivity index (χ0) is 80.3. The van der Waals surface area contributed by atoms with Crippen LogP contribution in [-0.2, 0) is 27.9 Å². The van der Waals surface area contributed by atoms with Crippen LogP contribution in [0.4, 0.5) is 57.1 Å². The van der Waals surface area contributed by atoms with E-state index < -0.39 is 75.3 Å². The summed E-state index contributed by atoms with van der Waals surface area (Å²) in [7, 11) is -1.61. The van der Waals surface area contributed by atoms with Gasteiger partial charge >= 0.3 is 52.8 Å². The number of alkyl halides is 13. The number of halogens is 15. The number of aromatic nitrogens is 3. The molecule has 0 saturated carbocycles. The van der Waals surface area contributed by atoms with Crippen LogP contribution >= 0.6 is 31.9 Å². The number of nitrogens with zero attached hydrogens (tertiary/aromatic N) is 3. The normalized spacial score (nSPS) is 18.1. The molecule has 586 valence electrons. The molecule has 0 unspecified atom stereocenters. The van der Waals surface area contributed by atoms with Crippen molar-refractivity contribution >= 4 is 58.5 Å². The molecule has 5 aliphatic heterocycles. The zero-order valence-corrected chi connectivity index (χ0v) is 63.3. The maximum absolute atomic E-state index is 13.5. The van der Waals surface area contributed by atoms with E-state index in [0.717, 1.165) is 46.4 Å². The van der Waals surface area contributed by atoms with Crippen molar-refractivity contribution in [3.8, 4) is 68.4 Å². The number of hydrogen-bond acceptors (Lipinski definition) is 16. The maximum Gasteiger partial charge on any atom is 0.586 e. The van der Waals surface area contributed by atoms with Gasteiger partial charge in [-0.25, -0.2) is 0 Å². The molecule has 8 aromatic rings. The third kappa shape index (κ3) is 20.8. The smallest absolute Gasteiger partial charge is 0.406 e. The number of rotatable bonds is 9. The van der Waals surface area contributed by atoms with Gasteiger partial charge in [0.1, 0.15) is 17.2 Å². The van der Waals surface area contributed by atoms with E-state index in [4.69, 9.17) is 27.9 Å². The summed E-state index contributed by atoms with van der Waals surface area (Å²) in [6.45, 7) is 29.1. The van der Waals surface area contributed by atoms with E-state index >= 15 is 0 Å². The zero-order valence-electron chi connectivity index (χ0n) is 60.1. The van der Waals surface area contributed by atoms with Gasteiger partial charge in [0, 0.05) is 74.9 Å². The molecule has 109 heavy (non-hydrogen) atoms. The summed E-state index contributed by atoms with van der Waals surface area (Å²) in [5.41, 5.74) is 0.862. The van der Waals surface area contributed by atoms with Crippen molar-refractivity contribution in [3.63, 3.8) is 0 Å². The molecule has 0 N–H and O–H groups in total. The van der Waals surface area contributed by atoms with Crippen LogP contribution in [0.3, 0.4) is 0 Å². The summed E-state index contributed by atoms with van der Waals surface area (Å²) in [6.07, 6.45) is -17.1. The molecule has 3 fully saturated rings. The van der Waals surface area contributed by atoms with E-state index in [1.807, 2.05) is 83.1 Å². The van der Waals surface area contributed by atoms with Gasteiger partial charge in [0.25, 0.3) is 16.7 Å². The van der Waals surface area contributed by atoms with Crippen LogP contribution in [0.1, 0.15) is 107 Å². The molecule has 0 radical (unpaired) electrons. The Labute approximate surface area is 634 Å². The average Bonchev–Trinajstić information content (AvgIpc) is 1.60. The molecule has 3 saturated heterocycles. The van der Waals surface area contributed by atoms with Crippen molar-refractivity contribution in [2.24, 2.45) is 0 Å². The molecule has 5 aromatic carbocycles. The molecule has 0 atom stereocenters. The van der Waals surface area contributed by atoms with Gasteiger partial charge in [-0.2, -0.15) is 0 Å². The van der Waals surface area contributed by atoms with Gasteiger partial charge in [0.05, 0.1) is 38.1 Å². The molecule has 0 spiro atoms. The topological polar surface area (TPSA) is 186 Å². The minimum absolute atomic E-state index is 0. The average molecular weight is 1680 g/mol. The third-order valence-corrected chi connectivity index (χ3v) is 19.6. The Morgan fingerprint density at radius 1 is 0.376 bits per heavy atom. The van der Waals surface area contributed by atoms with E-state index in [0.29, 0.717) is 38.0 Å². The van der Waals surface area contributed by atoms with Gasteiger partial charge in [-0.3, -0.25) is 28.1 Å². The predicted octanol–water partition coefficient (Wildman–Crippen LogP) is 17.8. The molecule has 0 amide bonds. The van der Waals surface area contributed by atoms with Crippen LogP contribution < -0.4 is 55.3 Å². The molecule has 13 rings (SSSR count). The highest BCUT2D eigenvalue weighted by molar-refractivity contribution is 9.10. The van der Waals surface area contributed by atoms with Crippen LogP contribution in [0.2, 0.25) is 0 Å². The molecular formula is C72H73B3Br2F13N3O16. The number of para-hydroxylation sites is 2. The largest absolute Gasteiger partial charge is 0.586 e. The number of pyridine rings is 3. The first-order valence-electron chi connectivity index (χ1n) is 32.5. The second-order valence-electron chi connectivity index (χ2n) is 27.7. The van der Waals surface area contributed by atoms with Crippen LogP contribution in [0.15, 0.2) is 169 Å². The fourth-order valence-corrected chi connectivity index (χ4v) is 11.3. The lowest BCUT2D eigenvalue weighted by Gasteiger charge is -2.32. The number of aryl methyl sites for hydroxylation is 3. The molecule has 19 nitrogen and oxygen atoms in total. The summed E-state index contributed by atoms with van der Waals surface area (Å²) in [4.78, 5) is 36.7. The predicted molar refractivity (Wildman–Crippen MR) is 385 cm³/mol. The molecule has 0 aliphatic carbocycles. The molecule has 5 aliphatic rings. The third-order valence-electron chi connectivity index (χ3n) is 18.2. The van der Waals surface area contributed by atoms with E-state index in [2.05, 4.69) is 65.0 Å². The van der Waals surface area contributed by atoms with Gasteiger partial charge in [0.2, 0.25) is 0 Å². The van der Waals surface area contributed by atoms with E-state index in [1.165, 1.54) is 98.8 Å². The Hall–Kier alpha value is -8.45. The number of fused-ring (bicyclic) bond motifs is 2. The van der Waals surface area contributed by atoms with Crippen LogP contribution in [0.5, 0.6) is 40.2 Å². The van der Waals surface area contributed by atoms with E-state index in [1.54, 1.807) is 45.3 Å². The fourth-order valence-electron chi connectivity index (χ4n) is 10.5. The summed E-state index contributed by atoms with van der Waals surface area (Å²) < 4.78 is 232. The van der Waals surface area contributed by atoms with Crippen molar-refractivity contribution < 1.29 is 118 Å². The highest BCUT2D eigenvalue weighted by Crippen LogP contribution is 2.49. The molecule has 3 aromatic heterocycles. The minimum atomic E-state index is -4.84. The first kappa shape index (κ1) is 86.2. The highest BCUT2D eigenvalue weighted by Gasteiger charge is 2.64. The minimum Gasteiger partial charge on any atom is -0.406 e. The summed E-state index contributed by atoms with van der Waals surface area (Å²) >= 11 is 6.36. The Bertz CT molecular complexity index is 4710. The summed E-state index contributed by atoms with van der Waals surface area (Å²) in [5, 5.41) is 0. The van der Waals surface area contributed by atoms with Crippen molar-refractivity contribution in [3.05, 3.63) is 203 Å². The quantitative estimate of drug-likeness (QED) is 0.0980. The molecule has 0 bridgehead atoms. The van der Waals surface area contributed by atoms with Gasteiger partial charge < -0.3 is 61.1 Å². The van der Waals surface area contributed by atoms with Crippen molar-refractivity contribution in [2.75, 3.05) is 0 Å². The number of hydrogen-bond donors (Lipinski definition) is 0. The number of ether oxygens (including phenoxy) is 7. The number of benzene rings is 5. The van der Waals surface area contributed by atoms with E-state index in [9.17, 15) is 71.5 Å². The molecule has 8 heterocycles. The lowest BCUT2D eigenvalue weighted by Crippen LogP contribution is -2.41. The SMILES string of the molecule is C.CC1(C)OB(B2OC(C)(C)C(C)(C)O2)OC1(C)C.Cc1cc(=O)n(-c2ccc(OC(F)(F)F)cc2)cc1-c1cccc2c1OC(F)(F)O2.Cc1cc(=O)n(-c2ccc(OC(F)(F)F)cc2)cc1B1OC(C)(C)C(C)(C)O1.Cc1cc(=O)n(-c2ccc(OC(F)(F)F)cc2)cc1Br.FC1(F)Oc2cccc(Br)c2O1. The van der Waals surface area contributed by atoms with E-state index in [-0.39, 0.29) is 86.7 Å². The lowest BCUT2D eigenvalue weighted by molar-refractivity contribution is -0.287. The second kappa shape index (κ2) is 31.4. The maximum atomic E-state index is 13.5. The standard InChI is InChI=1S/C20H12F5NO4.C19H21BF3NO4.C13H9BrF3NO2.C12H24B2O4.C7H3BrF2O2.CH4/c1-11-9-17(27)26(12-5-7-13(8-6-12)28-19(21,22)23)10-15(11)14-3-2-4-16-18(14)30-20(24,25)29-16;1-12-10-16(25)24(13-6-8-14(9-7-13)26-19(21,22)23)11-15(12)20-27-17(2,3)18(4,5)28-20;1-8-6-12(19)18(7-11(8)14)9-2-4-10(5-3-9)20-13(15,16)17;1-9(2)10(3,4)16-13(15-9)14-17-11(5,6)12(7,8)18-14;8-4-2-1-3-5-6(4)12-7(9,10)11-5;/h2-10H,1H3;6-11H,1-5H3;2-7H,1H3;1-8H3;1-3H;1H4. The Balaban J connectivity index is 0.000000176. The van der Waals surface area contributed by atoms with Gasteiger partial charge in [-0.15, -0.1) is 57.1 Å². The van der Waals surface area contributed by atoms with Crippen molar-refractivity contribution in [1.29, 1.82) is 0 Å². The Morgan fingerprint density at radius 2 is 0.697 bits per heavy atom. The van der Waals surface area contributed by atoms with Gasteiger partial charge in [0.15, 0.2) is 23.0 Å². The van der Waals surface area contributed by atoms with Crippen LogP contribution in [-0.4, -0.2) is 100 Å². The van der Waals surface area contributed by atoms with Crippen LogP contribution in [0.25, 0.3) is 28.2 Å². The van der Waals surface area contributed by atoms with Crippen molar-refractivity contribution in [2.45, 2.75) is 177 Å². The van der Waals surface area contributed by atoms with Crippen LogP contribution in [0, 0.1) is 20.8 Å². The summed E-state index contributed by atoms with van der Waals surface area (Å²) in [6, 6.07) is 27.9. The first-order chi connectivity index (χ1) is 49.5. The van der Waals surface area contributed by atoms with Gasteiger partial charge in [-0.05, 0) is 243 Å². The summed E-state index contributed by atoms with van der Waals surface area (Å²) in [5.74, 6) is -1.37. The highest BCUT2D eigenvalue weighted by atomic mass is 79.9. The Morgan fingerprint density at radius 3 is 1.07 bits per heavy atom. The van der Waals surface area contributed by atoms with Crippen molar-refractivity contribution in [1.82, 2.24) is 13.7 Å². The lowest BCUT2D eigenvalue weighted by atomic mass is 9.49.